The lowest BCUT2D eigenvalue weighted by molar-refractivity contribution is -0.120. The van der Waals surface area contributed by atoms with E-state index in [2.05, 4.69) is 31.5 Å². The first-order valence-corrected chi connectivity index (χ1v) is 6.59. The zero-order chi connectivity index (χ0) is 13.4. The second-order valence-corrected chi connectivity index (χ2v) is 4.63. The highest BCUT2D eigenvalue weighted by atomic mass is 79.9. The van der Waals surface area contributed by atoms with Gasteiger partial charge in [-0.1, -0.05) is 6.92 Å². The molecule has 0 aliphatic heterocycles. The van der Waals surface area contributed by atoms with E-state index >= 15 is 0 Å². The molecule has 0 saturated heterocycles. The SMILES string of the molecule is CCCNC(=O)CCNC(=O)c1ccc(Br)cn1. The van der Waals surface area contributed by atoms with Crippen LogP contribution in [-0.4, -0.2) is 29.9 Å². The minimum Gasteiger partial charge on any atom is -0.356 e. The van der Waals surface area contributed by atoms with E-state index < -0.39 is 0 Å². The maximum atomic E-state index is 11.6. The van der Waals surface area contributed by atoms with Gasteiger partial charge in [0.25, 0.3) is 5.91 Å². The number of rotatable bonds is 6. The summed E-state index contributed by atoms with van der Waals surface area (Å²) in [5.74, 6) is -0.327. The number of amides is 2. The van der Waals surface area contributed by atoms with Gasteiger partial charge in [0.1, 0.15) is 5.69 Å². The highest BCUT2D eigenvalue weighted by molar-refractivity contribution is 9.10. The summed E-state index contributed by atoms with van der Waals surface area (Å²) >= 11 is 3.24. The summed E-state index contributed by atoms with van der Waals surface area (Å²) in [6, 6.07) is 3.37. The van der Waals surface area contributed by atoms with Gasteiger partial charge in [-0.2, -0.15) is 0 Å². The fourth-order valence-electron chi connectivity index (χ4n) is 1.24. The first-order chi connectivity index (χ1) is 8.63. The van der Waals surface area contributed by atoms with Gasteiger partial charge in [-0.15, -0.1) is 0 Å². The average molecular weight is 314 g/mol. The number of nitrogens with zero attached hydrogens (tertiary/aromatic N) is 1. The molecule has 98 valence electrons. The van der Waals surface area contributed by atoms with Crippen molar-refractivity contribution in [1.82, 2.24) is 15.6 Å². The minimum atomic E-state index is -0.272. The average Bonchev–Trinajstić information content (AvgIpc) is 2.37. The van der Waals surface area contributed by atoms with Crippen LogP contribution in [0, 0.1) is 0 Å². The molecule has 6 heteroatoms. The van der Waals surface area contributed by atoms with E-state index in [0.29, 0.717) is 18.8 Å². The van der Waals surface area contributed by atoms with Crippen molar-refractivity contribution in [3.63, 3.8) is 0 Å². The Morgan fingerprint density at radius 3 is 2.67 bits per heavy atom. The van der Waals surface area contributed by atoms with Gasteiger partial charge < -0.3 is 10.6 Å². The molecule has 18 heavy (non-hydrogen) atoms. The lowest BCUT2D eigenvalue weighted by atomic mass is 10.3. The summed E-state index contributed by atoms with van der Waals surface area (Å²) < 4.78 is 0.818. The molecule has 1 rings (SSSR count). The fourth-order valence-corrected chi connectivity index (χ4v) is 1.48. The molecule has 2 amide bonds. The molecular weight excluding hydrogens is 298 g/mol. The zero-order valence-corrected chi connectivity index (χ0v) is 11.8. The summed E-state index contributed by atoms with van der Waals surface area (Å²) in [6.45, 7) is 2.97. The van der Waals surface area contributed by atoms with Crippen LogP contribution in [0.5, 0.6) is 0 Å². The van der Waals surface area contributed by atoms with E-state index in [-0.39, 0.29) is 18.2 Å². The van der Waals surface area contributed by atoms with Gasteiger partial charge in [0.05, 0.1) is 0 Å². The molecule has 0 aliphatic carbocycles. The van der Waals surface area contributed by atoms with E-state index in [9.17, 15) is 9.59 Å². The second-order valence-electron chi connectivity index (χ2n) is 3.72. The molecule has 0 saturated carbocycles. The van der Waals surface area contributed by atoms with Crippen LogP contribution in [0.4, 0.5) is 0 Å². The third-order valence-corrected chi connectivity index (χ3v) is 2.64. The number of hydrogen-bond donors (Lipinski definition) is 2. The van der Waals surface area contributed by atoms with Crippen LogP contribution in [-0.2, 0) is 4.79 Å². The first-order valence-electron chi connectivity index (χ1n) is 5.80. The molecule has 0 atom stereocenters. The van der Waals surface area contributed by atoms with Crippen molar-refractivity contribution in [3.05, 3.63) is 28.5 Å². The van der Waals surface area contributed by atoms with Crippen LogP contribution in [0.2, 0.25) is 0 Å². The number of nitrogens with one attached hydrogen (secondary N) is 2. The molecule has 1 aromatic heterocycles. The Labute approximate surface area is 114 Å². The molecule has 0 radical (unpaired) electrons. The van der Waals surface area contributed by atoms with E-state index in [1.54, 1.807) is 18.3 Å². The molecule has 0 spiro atoms. The molecule has 0 bridgehead atoms. The van der Waals surface area contributed by atoms with Gasteiger partial charge in [0.2, 0.25) is 5.91 Å². The molecule has 0 aliphatic rings. The van der Waals surface area contributed by atoms with Gasteiger partial charge in [-0.3, -0.25) is 9.59 Å². The summed E-state index contributed by atoms with van der Waals surface area (Å²) in [5, 5.41) is 5.39. The summed E-state index contributed by atoms with van der Waals surface area (Å²) in [4.78, 5) is 26.9. The van der Waals surface area contributed by atoms with Crippen LogP contribution < -0.4 is 10.6 Å². The summed E-state index contributed by atoms with van der Waals surface area (Å²) in [6.07, 6.45) is 2.74. The highest BCUT2D eigenvalue weighted by Gasteiger charge is 2.07. The Kier molecular flexibility index (Phi) is 6.35. The molecule has 2 N–H and O–H groups in total. The van der Waals surface area contributed by atoms with Crippen molar-refractivity contribution in [2.45, 2.75) is 19.8 Å². The van der Waals surface area contributed by atoms with Crippen LogP contribution >= 0.6 is 15.9 Å². The maximum absolute atomic E-state index is 11.6. The Bertz CT molecular complexity index is 406. The van der Waals surface area contributed by atoms with Crippen LogP contribution in [0.1, 0.15) is 30.3 Å². The number of halogens is 1. The van der Waals surface area contributed by atoms with Crippen molar-refractivity contribution in [1.29, 1.82) is 0 Å². The predicted octanol–water partition coefficient (Wildman–Crippen LogP) is 1.49. The van der Waals surface area contributed by atoms with Crippen LogP contribution in [0.15, 0.2) is 22.8 Å². The third kappa shape index (κ3) is 5.27. The number of aromatic nitrogens is 1. The molecule has 0 aromatic carbocycles. The highest BCUT2D eigenvalue weighted by Crippen LogP contribution is 2.07. The number of hydrogen-bond acceptors (Lipinski definition) is 3. The van der Waals surface area contributed by atoms with E-state index in [0.717, 1.165) is 10.9 Å². The Balaban J connectivity index is 2.29. The maximum Gasteiger partial charge on any atom is 0.269 e. The van der Waals surface area contributed by atoms with Crippen molar-refractivity contribution >= 4 is 27.7 Å². The number of carbonyl (C=O) groups is 2. The van der Waals surface area contributed by atoms with Gasteiger partial charge in [-0.05, 0) is 34.5 Å². The summed E-state index contributed by atoms with van der Waals surface area (Å²) in [7, 11) is 0. The van der Waals surface area contributed by atoms with E-state index in [1.807, 2.05) is 6.92 Å². The number of pyridine rings is 1. The van der Waals surface area contributed by atoms with Crippen molar-refractivity contribution in [2.24, 2.45) is 0 Å². The van der Waals surface area contributed by atoms with Crippen LogP contribution in [0.25, 0.3) is 0 Å². The Morgan fingerprint density at radius 2 is 2.06 bits per heavy atom. The van der Waals surface area contributed by atoms with E-state index in [4.69, 9.17) is 0 Å². The molecule has 5 nitrogen and oxygen atoms in total. The fraction of sp³-hybridized carbons (Fsp3) is 0.417. The monoisotopic (exact) mass is 313 g/mol. The minimum absolute atomic E-state index is 0.0547. The van der Waals surface area contributed by atoms with Crippen molar-refractivity contribution < 1.29 is 9.59 Å². The third-order valence-electron chi connectivity index (χ3n) is 2.17. The first kappa shape index (κ1) is 14.6. The lowest BCUT2D eigenvalue weighted by Gasteiger charge is -2.05. The standard InChI is InChI=1S/C12H16BrN3O2/c1-2-6-14-11(17)5-7-15-12(18)10-4-3-9(13)8-16-10/h3-4,8H,2,5-7H2,1H3,(H,14,17)(H,15,18). The van der Waals surface area contributed by atoms with Gasteiger partial charge in [0.15, 0.2) is 0 Å². The van der Waals surface area contributed by atoms with Crippen molar-refractivity contribution in [2.75, 3.05) is 13.1 Å². The van der Waals surface area contributed by atoms with Crippen molar-refractivity contribution in [3.8, 4) is 0 Å². The molecule has 1 aromatic rings. The van der Waals surface area contributed by atoms with Gasteiger partial charge in [-0.25, -0.2) is 4.98 Å². The molecular formula is C12H16BrN3O2. The van der Waals surface area contributed by atoms with Gasteiger partial charge in [0, 0.05) is 30.2 Å². The topological polar surface area (TPSA) is 71.1 Å². The Hall–Kier alpha value is -1.43. The quantitative estimate of drug-likeness (QED) is 0.836. The number of carbonyl (C=O) groups excluding carboxylic acids is 2. The molecule has 0 fully saturated rings. The second kappa shape index (κ2) is 7.81. The van der Waals surface area contributed by atoms with Crippen LogP contribution in [0.3, 0.4) is 0 Å². The zero-order valence-electron chi connectivity index (χ0n) is 10.2. The molecule has 0 unspecified atom stereocenters. The Morgan fingerprint density at radius 1 is 1.28 bits per heavy atom. The molecule has 1 heterocycles. The predicted molar refractivity (Wildman–Crippen MR) is 72.2 cm³/mol. The smallest absolute Gasteiger partial charge is 0.269 e. The largest absolute Gasteiger partial charge is 0.356 e. The summed E-state index contributed by atoms with van der Waals surface area (Å²) in [5.41, 5.74) is 0.340. The van der Waals surface area contributed by atoms with E-state index in [1.165, 1.54) is 0 Å². The normalized spacial score (nSPS) is 9.89. The lowest BCUT2D eigenvalue weighted by Crippen LogP contribution is -2.31. The van der Waals surface area contributed by atoms with Gasteiger partial charge >= 0.3 is 0 Å².